The summed E-state index contributed by atoms with van der Waals surface area (Å²) in [7, 11) is -3.77. The molecule has 2 aromatic rings. The van der Waals surface area contributed by atoms with Crippen molar-refractivity contribution in [1.82, 2.24) is 0 Å². The summed E-state index contributed by atoms with van der Waals surface area (Å²) in [5.74, 6) is -0.461. The summed E-state index contributed by atoms with van der Waals surface area (Å²) in [6.07, 6.45) is 0. The number of anilines is 1. The molecule has 1 N–H and O–H groups in total. The molecule has 3 nitrogen and oxygen atoms in total. The lowest BCUT2D eigenvalue weighted by Crippen LogP contribution is -2.13. The molecule has 0 amide bonds. The van der Waals surface area contributed by atoms with Gasteiger partial charge >= 0.3 is 0 Å². The van der Waals surface area contributed by atoms with Crippen LogP contribution in [0.3, 0.4) is 0 Å². The van der Waals surface area contributed by atoms with Gasteiger partial charge in [-0.2, -0.15) is 0 Å². The molecule has 0 radical (unpaired) electrons. The molecule has 0 heterocycles. The molecule has 8 heteroatoms. The van der Waals surface area contributed by atoms with Crippen molar-refractivity contribution >= 4 is 63.5 Å². The lowest BCUT2D eigenvalue weighted by atomic mass is 10.3. The first-order chi connectivity index (χ1) is 9.29. The van der Waals surface area contributed by atoms with Gasteiger partial charge in [0.25, 0.3) is 10.0 Å². The minimum absolute atomic E-state index is 0.0901. The van der Waals surface area contributed by atoms with Crippen LogP contribution in [0.2, 0.25) is 0 Å². The van der Waals surface area contributed by atoms with E-state index in [4.69, 9.17) is 0 Å². The van der Waals surface area contributed by atoms with E-state index in [0.29, 0.717) is 8.95 Å². The van der Waals surface area contributed by atoms with Crippen molar-refractivity contribution in [3.63, 3.8) is 0 Å². The maximum absolute atomic E-state index is 13.1. The van der Waals surface area contributed by atoms with Gasteiger partial charge in [-0.1, -0.05) is 15.9 Å². The van der Waals surface area contributed by atoms with Gasteiger partial charge in [-0.3, -0.25) is 4.72 Å². The first-order valence-corrected chi connectivity index (χ1v) is 9.09. The van der Waals surface area contributed by atoms with Crippen molar-refractivity contribution in [3.8, 4) is 0 Å². The molecule has 0 aliphatic heterocycles. The first-order valence-electron chi connectivity index (χ1n) is 5.22. The van der Waals surface area contributed by atoms with Gasteiger partial charge in [0.05, 0.1) is 10.2 Å². The standard InChI is InChI=1S/C12H7Br3FNO2S/c13-7-1-3-9(14)12(5-7)20(18,19)17-8-2-4-11(16)10(15)6-8/h1-6,17H. The van der Waals surface area contributed by atoms with Gasteiger partial charge in [0, 0.05) is 8.95 Å². The first kappa shape index (κ1) is 15.9. The van der Waals surface area contributed by atoms with Crippen LogP contribution in [-0.2, 0) is 10.0 Å². The average Bonchev–Trinajstić information content (AvgIpc) is 2.36. The van der Waals surface area contributed by atoms with Gasteiger partial charge < -0.3 is 0 Å². The zero-order chi connectivity index (χ0) is 14.9. The topological polar surface area (TPSA) is 46.2 Å². The number of sulfonamides is 1. The Morgan fingerprint density at radius 3 is 2.30 bits per heavy atom. The molecular formula is C12H7Br3FNO2S. The molecule has 0 aliphatic rings. The number of benzene rings is 2. The van der Waals surface area contributed by atoms with Crippen molar-refractivity contribution in [1.29, 1.82) is 0 Å². The number of hydrogen-bond acceptors (Lipinski definition) is 2. The largest absolute Gasteiger partial charge is 0.280 e. The lowest BCUT2D eigenvalue weighted by Gasteiger charge is -2.10. The SMILES string of the molecule is O=S(=O)(Nc1ccc(F)c(Br)c1)c1cc(Br)ccc1Br. The van der Waals surface area contributed by atoms with E-state index in [1.54, 1.807) is 12.1 Å². The van der Waals surface area contributed by atoms with E-state index >= 15 is 0 Å². The van der Waals surface area contributed by atoms with Crippen LogP contribution in [0.5, 0.6) is 0 Å². The second-order valence-corrected chi connectivity index (χ2v) is 8.08. The Labute approximate surface area is 141 Å². The summed E-state index contributed by atoms with van der Waals surface area (Å²) < 4.78 is 41.4. The normalized spacial score (nSPS) is 11.4. The van der Waals surface area contributed by atoms with Gasteiger partial charge in [-0.05, 0) is 68.3 Å². The molecule has 0 bridgehead atoms. The Bertz CT molecular complexity index is 765. The molecule has 0 aliphatic carbocycles. The van der Waals surface area contributed by atoms with Crippen LogP contribution in [0.15, 0.2) is 54.7 Å². The second kappa shape index (κ2) is 6.13. The van der Waals surface area contributed by atoms with Crippen LogP contribution >= 0.6 is 47.8 Å². The van der Waals surface area contributed by atoms with Gasteiger partial charge in [0.15, 0.2) is 0 Å². The van der Waals surface area contributed by atoms with E-state index in [1.165, 1.54) is 24.3 Å². The van der Waals surface area contributed by atoms with Crippen molar-refractivity contribution in [2.24, 2.45) is 0 Å². The van der Waals surface area contributed by atoms with Crippen LogP contribution in [-0.4, -0.2) is 8.42 Å². The summed E-state index contributed by atoms with van der Waals surface area (Å²) in [6, 6.07) is 8.71. The van der Waals surface area contributed by atoms with Crippen molar-refractivity contribution in [2.75, 3.05) is 4.72 Å². The quantitative estimate of drug-likeness (QED) is 0.668. The van der Waals surface area contributed by atoms with Gasteiger partial charge in [0.1, 0.15) is 10.7 Å². The fourth-order valence-electron chi connectivity index (χ4n) is 1.45. The third kappa shape index (κ3) is 3.60. The predicted octanol–water partition coefficient (Wildman–Crippen LogP) is 4.91. The summed E-state index contributed by atoms with van der Waals surface area (Å²) in [5, 5.41) is 0. The minimum Gasteiger partial charge on any atom is -0.280 e. The molecule has 2 aromatic carbocycles. The van der Waals surface area contributed by atoms with Crippen LogP contribution in [0, 0.1) is 5.82 Å². The fourth-order valence-corrected chi connectivity index (χ4v) is 4.38. The Morgan fingerprint density at radius 1 is 0.950 bits per heavy atom. The van der Waals surface area contributed by atoms with E-state index in [1.807, 2.05) is 0 Å². The molecule has 0 atom stereocenters. The summed E-state index contributed by atoms with van der Waals surface area (Å²) in [6.45, 7) is 0. The number of nitrogens with one attached hydrogen (secondary N) is 1. The van der Waals surface area contributed by atoms with Gasteiger partial charge in [-0.25, -0.2) is 12.8 Å². The van der Waals surface area contributed by atoms with E-state index in [2.05, 4.69) is 52.5 Å². The highest BCUT2D eigenvalue weighted by molar-refractivity contribution is 9.11. The molecule has 0 aromatic heterocycles. The maximum atomic E-state index is 13.1. The summed E-state index contributed by atoms with van der Waals surface area (Å²) in [4.78, 5) is 0.0901. The minimum atomic E-state index is -3.77. The van der Waals surface area contributed by atoms with Crippen LogP contribution < -0.4 is 4.72 Å². The molecule has 106 valence electrons. The number of halogens is 4. The van der Waals surface area contributed by atoms with Gasteiger partial charge in [-0.15, -0.1) is 0 Å². The molecule has 0 saturated heterocycles. The molecule has 0 spiro atoms. The highest BCUT2D eigenvalue weighted by Crippen LogP contribution is 2.28. The molecule has 2 rings (SSSR count). The van der Waals surface area contributed by atoms with Crippen LogP contribution in [0.4, 0.5) is 10.1 Å². The smallest absolute Gasteiger partial charge is 0.263 e. The van der Waals surface area contributed by atoms with E-state index in [9.17, 15) is 12.8 Å². The maximum Gasteiger partial charge on any atom is 0.263 e. The molecular weight excluding hydrogens is 481 g/mol. The average molecular weight is 488 g/mol. The van der Waals surface area contributed by atoms with Crippen molar-refractivity contribution in [2.45, 2.75) is 4.90 Å². The van der Waals surface area contributed by atoms with Crippen molar-refractivity contribution < 1.29 is 12.8 Å². The third-order valence-electron chi connectivity index (χ3n) is 2.35. The molecule has 0 saturated carbocycles. The van der Waals surface area contributed by atoms with Gasteiger partial charge in [0.2, 0.25) is 0 Å². The molecule has 0 fully saturated rings. The Hall–Kier alpha value is -0.440. The van der Waals surface area contributed by atoms with Crippen LogP contribution in [0.25, 0.3) is 0 Å². The Kier molecular flexibility index (Phi) is 4.88. The monoisotopic (exact) mass is 485 g/mol. The highest BCUT2D eigenvalue weighted by atomic mass is 79.9. The van der Waals surface area contributed by atoms with E-state index in [0.717, 1.165) is 0 Å². The third-order valence-corrected chi connectivity index (χ3v) is 5.83. The number of rotatable bonds is 3. The van der Waals surface area contributed by atoms with E-state index < -0.39 is 15.8 Å². The molecule has 0 unspecified atom stereocenters. The second-order valence-electron chi connectivity index (χ2n) is 3.81. The van der Waals surface area contributed by atoms with Crippen molar-refractivity contribution in [3.05, 3.63) is 55.6 Å². The molecule has 20 heavy (non-hydrogen) atoms. The van der Waals surface area contributed by atoms with E-state index in [-0.39, 0.29) is 15.1 Å². The Morgan fingerprint density at radius 2 is 1.65 bits per heavy atom. The fraction of sp³-hybridized carbons (Fsp3) is 0. The highest BCUT2D eigenvalue weighted by Gasteiger charge is 2.18. The van der Waals surface area contributed by atoms with Crippen LogP contribution in [0.1, 0.15) is 0 Å². The zero-order valence-corrected chi connectivity index (χ0v) is 15.3. The number of hydrogen-bond donors (Lipinski definition) is 1. The summed E-state index contributed by atoms with van der Waals surface area (Å²) >= 11 is 9.43. The lowest BCUT2D eigenvalue weighted by molar-refractivity contribution is 0.600. The summed E-state index contributed by atoms with van der Waals surface area (Å²) in [5.41, 5.74) is 0.269. The zero-order valence-electron chi connectivity index (χ0n) is 9.70. The Balaban J connectivity index is 2.40. The predicted molar refractivity (Wildman–Crippen MR) is 86.8 cm³/mol.